The Hall–Kier alpha value is -4.10. The van der Waals surface area contributed by atoms with Crippen LogP contribution >= 0.6 is 11.6 Å². The van der Waals surface area contributed by atoms with Crippen LogP contribution in [-0.2, 0) is 4.79 Å². The van der Waals surface area contributed by atoms with E-state index in [1.807, 2.05) is 0 Å². The van der Waals surface area contributed by atoms with E-state index in [0.717, 1.165) is 0 Å². The minimum Gasteiger partial charge on any atom is -0.497 e. The number of ether oxygens (including phenoxy) is 1. The number of rotatable bonds is 7. The number of anilines is 1. The average molecular weight is 451 g/mol. The Morgan fingerprint density at radius 1 is 0.969 bits per heavy atom. The number of carbonyl (C=O) groups excluding carboxylic acids is 2. The van der Waals surface area contributed by atoms with Crippen molar-refractivity contribution >= 4 is 41.1 Å². The lowest BCUT2D eigenvalue weighted by Crippen LogP contribution is -2.31. The number of nitrogens with one attached hydrogen (secondary N) is 2. The van der Waals surface area contributed by atoms with Crippen molar-refractivity contribution in [1.82, 2.24) is 5.32 Å². The molecule has 0 spiro atoms. The topological polar surface area (TPSA) is 105 Å². The van der Waals surface area contributed by atoms with E-state index >= 15 is 0 Å². The highest BCUT2D eigenvalue weighted by Crippen LogP contribution is 2.18. The van der Waals surface area contributed by atoms with Gasteiger partial charge in [0.05, 0.1) is 23.3 Å². The Balaban J connectivity index is 1.91. The summed E-state index contributed by atoms with van der Waals surface area (Å²) in [4.78, 5) is 36.9. The first-order valence-corrected chi connectivity index (χ1v) is 9.81. The fourth-order valence-corrected chi connectivity index (χ4v) is 3.01. The van der Waals surface area contributed by atoms with Crippen molar-refractivity contribution < 1.29 is 24.2 Å². The van der Waals surface area contributed by atoms with Crippen LogP contribution < -0.4 is 15.4 Å². The molecule has 3 N–H and O–H groups in total. The molecule has 0 atom stereocenters. The molecule has 32 heavy (non-hydrogen) atoms. The third-order valence-corrected chi connectivity index (χ3v) is 4.74. The number of methoxy groups -OCH3 is 1. The summed E-state index contributed by atoms with van der Waals surface area (Å²) in [5, 5.41) is 14.6. The van der Waals surface area contributed by atoms with Crippen LogP contribution in [0.4, 0.5) is 5.69 Å². The number of aromatic carboxylic acids is 1. The Kier molecular flexibility index (Phi) is 7.25. The average Bonchev–Trinajstić information content (AvgIpc) is 2.79. The van der Waals surface area contributed by atoms with E-state index < -0.39 is 17.8 Å². The van der Waals surface area contributed by atoms with E-state index in [1.165, 1.54) is 30.3 Å². The second-order valence-corrected chi connectivity index (χ2v) is 7.01. The number of halogens is 1. The first-order chi connectivity index (χ1) is 15.4. The van der Waals surface area contributed by atoms with Gasteiger partial charge in [-0.25, -0.2) is 4.79 Å². The fraction of sp³-hybridized carbons (Fsp3) is 0.0417. The van der Waals surface area contributed by atoms with Gasteiger partial charge in [0.1, 0.15) is 11.4 Å². The van der Waals surface area contributed by atoms with Crippen LogP contribution in [0.25, 0.3) is 6.08 Å². The molecule has 2 amide bonds. The molecule has 0 fully saturated rings. The maximum atomic E-state index is 13.0. The summed E-state index contributed by atoms with van der Waals surface area (Å²) in [5.41, 5.74) is 1.07. The first kappa shape index (κ1) is 22.6. The van der Waals surface area contributed by atoms with Crippen LogP contribution in [-0.4, -0.2) is 30.0 Å². The van der Waals surface area contributed by atoms with Gasteiger partial charge in [0, 0.05) is 5.69 Å². The molecule has 0 saturated carbocycles. The van der Waals surface area contributed by atoms with Crippen LogP contribution in [0.3, 0.4) is 0 Å². The molecule has 3 aromatic carbocycles. The van der Waals surface area contributed by atoms with Crippen LogP contribution in [0.5, 0.6) is 5.75 Å². The molecule has 7 nitrogen and oxygen atoms in total. The first-order valence-electron chi connectivity index (χ1n) is 9.43. The Morgan fingerprint density at radius 3 is 2.34 bits per heavy atom. The SMILES string of the molecule is COc1ccc(/C=C(/NC(=O)c2ccccc2Cl)C(=O)Nc2cccc(C(=O)O)c2)cc1. The molecule has 0 radical (unpaired) electrons. The van der Waals surface area contributed by atoms with Gasteiger partial charge in [-0.05, 0) is 54.1 Å². The van der Waals surface area contributed by atoms with Gasteiger partial charge in [-0.1, -0.05) is 41.9 Å². The quantitative estimate of drug-likeness (QED) is 0.461. The molecule has 0 heterocycles. The lowest BCUT2D eigenvalue weighted by atomic mass is 10.1. The van der Waals surface area contributed by atoms with Crippen LogP contribution in [0, 0.1) is 0 Å². The van der Waals surface area contributed by atoms with E-state index in [2.05, 4.69) is 10.6 Å². The zero-order chi connectivity index (χ0) is 23.1. The van der Waals surface area contributed by atoms with E-state index in [9.17, 15) is 14.4 Å². The number of amides is 2. The summed E-state index contributed by atoms with van der Waals surface area (Å²) in [7, 11) is 1.54. The maximum Gasteiger partial charge on any atom is 0.335 e. The lowest BCUT2D eigenvalue weighted by molar-refractivity contribution is -0.113. The molecule has 0 aliphatic heterocycles. The third kappa shape index (κ3) is 5.74. The molecule has 3 aromatic rings. The lowest BCUT2D eigenvalue weighted by Gasteiger charge is -2.12. The van der Waals surface area contributed by atoms with Crippen molar-refractivity contribution in [3.8, 4) is 5.75 Å². The predicted molar refractivity (Wildman–Crippen MR) is 122 cm³/mol. The van der Waals surface area contributed by atoms with Crippen LogP contribution in [0.15, 0.2) is 78.5 Å². The van der Waals surface area contributed by atoms with Crippen molar-refractivity contribution in [1.29, 1.82) is 0 Å². The molecular formula is C24H19ClN2O5. The zero-order valence-corrected chi connectivity index (χ0v) is 17.7. The molecule has 8 heteroatoms. The van der Waals surface area contributed by atoms with E-state index in [0.29, 0.717) is 11.3 Å². The van der Waals surface area contributed by atoms with E-state index in [4.69, 9.17) is 21.4 Å². The number of hydrogen-bond acceptors (Lipinski definition) is 4. The molecule has 0 saturated heterocycles. The zero-order valence-electron chi connectivity index (χ0n) is 17.0. The number of hydrogen-bond donors (Lipinski definition) is 3. The molecule has 3 rings (SSSR count). The van der Waals surface area contributed by atoms with Gasteiger partial charge in [0.2, 0.25) is 0 Å². The van der Waals surface area contributed by atoms with Gasteiger partial charge in [-0.2, -0.15) is 0 Å². The Bertz CT molecular complexity index is 1190. The second-order valence-electron chi connectivity index (χ2n) is 6.61. The number of carboxylic acids is 1. The number of carbonyl (C=O) groups is 3. The maximum absolute atomic E-state index is 13.0. The highest BCUT2D eigenvalue weighted by Gasteiger charge is 2.17. The highest BCUT2D eigenvalue weighted by atomic mass is 35.5. The van der Waals surface area contributed by atoms with Crippen molar-refractivity contribution in [2.45, 2.75) is 0 Å². The van der Waals surface area contributed by atoms with Crippen LogP contribution in [0.2, 0.25) is 5.02 Å². The minimum absolute atomic E-state index is 0.0172. The van der Waals surface area contributed by atoms with E-state index in [-0.39, 0.29) is 27.5 Å². The molecule has 0 aliphatic rings. The monoisotopic (exact) mass is 450 g/mol. The van der Waals surface area contributed by atoms with Crippen molar-refractivity contribution in [2.75, 3.05) is 12.4 Å². The Labute approximate surface area is 189 Å². The van der Waals surface area contributed by atoms with Gasteiger partial charge in [0.25, 0.3) is 11.8 Å². The standard InChI is InChI=1S/C24H19ClN2O5/c1-32-18-11-9-15(10-12-18)13-21(27-22(28)19-7-2-3-8-20(19)25)23(29)26-17-6-4-5-16(14-17)24(30)31/h2-14H,1H3,(H,26,29)(H,27,28)(H,30,31)/b21-13+. The minimum atomic E-state index is -1.12. The highest BCUT2D eigenvalue weighted by molar-refractivity contribution is 6.34. The van der Waals surface area contributed by atoms with Crippen molar-refractivity contribution in [3.63, 3.8) is 0 Å². The van der Waals surface area contributed by atoms with Gasteiger partial charge in [-0.3, -0.25) is 9.59 Å². The molecule has 0 aliphatic carbocycles. The normalized spacial score (nSPS) is 10.9. The summed E-state index contributed by atoms with van der Waals surface area (Å²) in [6.45, 7) is 0. The second kappa shape index (κ2) is 10.3. The van der Waals surface area contributed by atoms with E-state index in [1.54, 1.807) is 55.6 Å². The largest absolute Gasteiger partial charge is 0.497 e. The van der Waals surface area contributed by atoms with Crippen LogP contribution in [0.1, 0.15) is 26.3 Å². The summed E-state index contributed by atoms with van der Waals surface area (Å²) in [5.74, 6) is -1.69. The van der Waals surface area contributed by atoms with Gasteiger partial charge < -0.3 is 20.5 Å². The van der Waals surface area contributed by atoms with Gasteiger partial charge >= 0.3 is 5.97 Å². The summed E-state index contributed by atoms with van der Waals surface area (Å²) >= 11 is 6.10. The molecular weight excluding hydrogens is 432 g/mol. The third-order valence-electron chi connectivity index (χ3n) is 4.41. The van der Waals surface area contributed by atoms with Gasteiger partial charge in [-0.15, -0.1) is 0 Å². The summed E-state index contributed by atoms with van der Waals surface area (Å²) in [6, 6.07) is 19.1. The van der Waals surface area contributed by atoms with Crippen molar-refractivity contribution in [2.24, 2.45) is 0 Å². The number of carboxylic acid groups (broad SMARTS) is 1. The summed E-state index contributed by atoms with van der Waals surface area (Å²) < 4.78 is 5.13. The molecule has 0 unspecified atom stereocenters. The Morgan fingerprint density at radius 2 is 1.69 bits per heavy atom. The summed E-state index contributed by atoms with van der Waals surface area (Å²) in [6.07, 6.45) is 1.49. The van der Waals surface area contributed by atoms with Crippen molar-refractivity contribution in [3.05, 3.63) is 100 Å². The predicted octanol–water partition coefficient (Wildman–Crippen LogP) is 4.46. The fourth-order valence-electron chi connectivity index (χ4n) is 2.79. The molecule has 0 bridgehead atoms. The number of benzene rings is 3. The molecule has 162 valence electrons. The smallest absolute Gasteiger partial charge is 0.335 e. The molecule has 0 aromatic heterocycles. The van der Waals surface area contributed by atoms with Gasteiger partial charge in [0.15, 0.2) is 0 Å².